The van der Waals surface area contributed by atoms with E-state index in [1.165, 1.54) is 0 Å². The van der Waals surface area contributed by atoms with Crippen LogP contribution in [0.3, 0.4) is 0 Å². The minimum absolute atomic E-state index is 0.0105. The van der Waals surface area contributed by atoms with Crippen LogP contribution in [0.25, 0.3) is 0 Å². The minimum Gasteiger partial charge on any atom is -0.395 e. The smallest absolute Gasteiger partial charge is 0.238 e. The van der Waals surface area contributed by atoms with E-state index in [0.717, 1.165) is 0 Å². The van der Waals surface area contributed by atoms with Gasteiger partial charge in [-0.25, -0.2) is 0 Å². The fourth-order valence-electron chi connectivity index (χ4n) is 1.30. The van der Waals surface area contributed by atoms with E-state index in [1.54, 1.807) is 30.1 Å². The number of aliphatic hydroxyl groups is 1. The van der Waals surface area contributed by atoms with Crippen LogP contribution >= 0.6 is 23.2 Å². The molecule has 0 saturated heterocycles. The maximum absolute atomic E-state index is 11.7. The highest BCUT2D eigenvalue weighted by molar-refractivity contribution is 6.42. The van der Waals surface area contributed by atoms with Crippen molar-refractivity contribution in [1.29, 1.82) is 0 Å². The van der Waals surface area contributed by atoms with E-state index in [9.17, 15) is 4.79 Å². The van der Waals surface area contributed by atoms with Gasteiger partial charge in [0, 0.05) is 11.7 Å². The van der Waals surface area contributed by atoms with Crippen LogP contribution in [-0.2, 0) is 4.79 Å². The third-order valence-electron chi connectivity index (χ3n) is 2.61. The van der Waals surface area contributed by atoms with Crippen molar-refractivity contribution in [3.8, 4) is 0 Å². The molecule has 100 valence electrons. The number of rotatable bonds is 5. The van der Waals surface area contributed by atoms with Gasteiger partial charge in [0.25, 0.3) is 0 Å². The van der Waals surface area contributed by atoms with Crippen LogP contribution in [0, 0.1) is 0 Å². The second-order valence-electron chi connectivity index (χ2n) is 4.12. The average Bonchev–Trinajstić information content (AvgIpc) is 2.32. The summed E-state index contributed by atoms with van der Waals surface area (Å²) in [6, 6.07) is 4.84. The SMILES string of the molecule is CC(CO)N(C)CC(=O)Nc1ccc(Cl)c(Cl)c1. The molecular weight excluding hydrogens is 275 g/mol. The molecule has 2 N–H and O–H groups in total. The van der Waals surface area contributed by atoms with Gasteiger partial charge >= 0.3 is 0 Å². The zero-order chi connectivity index (χ0) is 13.7. The van der Waals surface area contributed by atoms with Gasteiger partial charge in [-0.15, -0.1) is 0 Å². The molecule has 0 aliphatic rings. The summed E-state index contributed by atoms with van der Waals surface area (Å²) in [5.74, 6) is -0.170. The van der Waals surface area contributed by atoms with Crippen LogP contribution in [-0.4, -0.2) is 42.2 Å². The van der Waals surface area contributed by atoms with Crippen molar-refractivity contribution in [3.63, 3.8) is 0 Å². The van der Waals surface area contributed by atoms with Gasteiger partial charge in [0.1, 0.15) is 0 Å². The van der Waals surface area contributed by atoms with E-state index in [0.29, 0.717) is 15.7 Å². The monoisotopic (exact) mass is 290 g/mol. The molecule has 0 aliphatic carbocycles. The molecule has 0 aliphatic heterocycles. The summed E-state index contributed by atoms with van der Waals surface area (Å²) in [5, 5.41) is 12.5. The highest BCUT2D eigenvalue weighted by Gasteiger charge is 2.12. The van der Waals surface area contributed by atoms with E-state index in [-0.39, 0.29) is 25.1 Å². The Bertz CT molecular complexity index is 427. The van der Waals surface area contributed by atoms with E-state index in [2.05, 4.69) is 5.32 Å². The molecule has 0 aromatic heterocycles. The maximum Gasteiger partial charge on any atom is 0.238 e. The number of aliphatic hydroxyl groups excluding tert-OH is 1. The van der Waals surface area contributed by atoms with Crippen LogP contribution in [0.4, 0.5) is 5.69 Å². The summed E-state index contributed by atoms with van der Waals surface area (Å²) in [6.07, 6.45) is 0. The molecule has 1 unspecified atom stereocenters. The van der Waals surface area contributed by atoms with Crippen molar-refractivity contribution in [1.82, 2.24) is 4.90 Å². The average molecular weight is 291 g/mol. The summed E-state index contributed by atoms with van der Waals surface area (Å²) < 4.78 is 0. The highest BCUT2D eigenvalue weighted by Crippen LogP contribution is 2.24. The second-order valence-corrected chi connectivity index (χ2v) is 4.94. The molecule has 1 amide bonds. The molecule has 0 fully saturated rings. The van der Waals surface area contributed by atoms with Gasteiger partial charge in [0.2, 0.25) is 5.91 Å². The molecule has 18 heavy (non-hydrogen) atoms. The Morgan fingerprint density at radius 2 is 2.11 bits per heavy atom. The third-order valence-corrected chi connectivity index (χ3v) is 3.35. The van der Waals surface area contributed by atoms with Crippen molar-refractivity contribution in [2.75, 3.05) is 25.5 Å². The van der Waals surface area contributed by atoms with Crippen LogP contribution in [0.1, 0.15) is 6.92 Å². The second kappa shape index (κ2) is 6.95. The number of carbonyl (C=O) groups excluding carboxylic acids is 1. The first-order valence-electron chi connectivity index (χ1n) is 5.50. The lowest BCUT2D eigenvalue weighted by molar-refractivity contribution is -0.117. The van der Waals surface area contributed by atoms with Crippen molar-refractivity contribution < 1.29 is 9.90 Å². The quantitative estimate of drug-likeness (QED) is 0.875. The van der Waals surface area contributed by atoms with Crippen molar-refractivity contribution >= 4 is 34.8 Å². The lowest BCUT2D eigenvalue weighted by Crippen LogP contribution is -2.38. The molecule has 0 saturated carbocycles. The molecule has 0 heterocycles. The normalized spacial score (nSPS) is 12.6. The fraction of sp³-hybridized carbons (Fsp3) is 0.417. The van der Waals surface area contributed by atoms with Gasteiger partial charge in [-0.1, -0.05) is 23.2 Å². The van der Waals surface area contributed by atoms with Crippen LogP contribution in [0.15, 0.2) is 18.2 Å². The van der Waals surface area contributed by atoms with Gasteiger partial charge in [-0.3, -0.25) is 9.69 Å². The molecule has 1 rings (SSSR count). The molecule has 6 heteroatoms. The first-order valence-corrected chi connectivity index (χ1v) is 6.25. The molecule has 0 spiro atoms. The van der Waals surface area contributed by atoms with Gasteiger partial charge in [0.05, 0.1) is 23.2 Å². The topological polar surface area (TPSA) is 52.6 Å². The molecule has 1 aromatic rings. The predicted octanol–water partition coefficient (Wildman–Crippen LogP) is 2.24. The van der Waals surface area contributed by atoms with Crippen molar-refractivity contribution in [2.45, 2.75) is 13.0 Å². The number of carbonyl (C=O) groups is 1. The summed E-state index contributed by atoms with van der Waals surface area (Å²) in [6.45, 7) is 2.05. The molecule has 4 nitrogen and oxygen atoms in total. The van der Waals surface area contributed by atoms with Gasteiger partial charge in [-0.05, 0) is 32.2 Å². The molecule has 0 bridgehead atoms. The maximum atomic E-state index is 11.7. The molecule has 1 atom stereocenters. The first-order chi connectivity index (χ1) is 8.43. The zero-order valence-electron chi connectivity index (χ0n) is 10.3. The van der Waals surface area contributed by atoms with Crippen LogP contribution in [0.5, 0.6) is 0 Å². The number of nitrogens with zero attached hydrogens (tertiary/aromatic N) is 1. The van der Waals surface area contributed by atoms with Crippen LogP contribution < -0.4 is 5.32 Å². The largest absolute Gasteiger partial charge is 0.395 e. The third kappa shape index (κ3) is 4.46. The lowest BCUT2D eigenvalue weighted by Gasteiger charge is -2.21. The number of nitrogens with one attached hydrogen (secondary N) is 1. The Kier molecular flexibility index (Phi) is 5.88. The van der Waals surface area contributed by atoms with Gasteiger partial charge < -0.3 is 10.4 Å². The summed E-state index contributed by atoms with van der Waals surface area (Å²) in [7, 11) is 1.77. The van der Waals surface area contributed by atoms with E-state index >= 15 is 0 Å². The van der Waals surface area contributed by atoms with Gasteiger partial charge in [0.15, 0.2) is 0 Å². The Morgan fingerprint density at radius 3 is 2.67 bits per heavy atom. The van der Waals surface area contributed by atoms with E-state index in [4.69, 9.17) is 28.3 Å². The number of anilines is 1. The molecular formula is C12H16Cl2N2O2. The standard InChI is InChI=1S/C12H16Cl2N2O2/c1-8(7-17)16(2)6-12(18)15-9-3-4-10(13)11(14)5-9/h3-5,8,17H,6-7H2,1-2H3,(H,15,18). The summed E-state index contributed by atoms with van der Waals surface area (Å²) in [5.41, 5.74) is 0.597. The number of hydrogen-bond acceptors (Lipinski definition) is 3. The Balaban J connectivity index is 2.57. The number of hydrogen-bond donors (Lipinski definition) is 2. The predicted molar refractivity (Wildman–Crippen MR) is 74.3 cm³/mol. The number of halogens is 2. The highest BCUT2D eigenvalue weighted by atomic mass is 35.5. The van der Waals surface area contributed by atoms with E-state index < -0.39 is 0 Å². The fourth-order valence-corrected chi connectivity index (χ4v) is 1.59. The van der Waals surface area contributed by atoms with Crippen LogP contribution in [0.2, 0.25) is 10.0 Å². The molecule has 1 aromatic carbocycles. The first kappa shape index (κ1) is 15.2. The Labute approximate surface area is 116 Å². The van der Waals surface area contributed by atoms with Gasteiger partial charge in [-0.2, -0.15) is 0 Å². The number of likely N-dealkylation sites (N-methyl/N-ethyl adjacent to an activating group) is 1. The Morgan fingerprint density at radius 1 is 1.44 bits per heavy atom. The Hall–Kier alpha value is -0.810. The molecule has 0 radical (unpaired) electrons. The van der Waals surface area contributed by atoms with Crippen molar-refractivity contribution in [3.05, 3.63) is 28.2 Å². The summed E-state index contributed by atoms with van der Waals surface area (Å²) >= 11 is 11.6. The van der Waals surface area contributed by atoms with Crippen molar-refractivity contribution in [2.24, 2.45) is 0 Å². The zero-order valence-corrected chi connectivity index (χ0v) is 11.8. The van der Waals surface area contributed by atoms with E-state index in [1.807, 2.05) is 6.92 Å². The summed E-state index contributed by atoms with van der Waals surface area (Å²) in [4.78, 5) is 13.5. The lowest BCUT2D eigenvalue weighted by atomic mass is 10.3. The minimum atomic E-state index is -0.170. The number of amides is 1. The number of benzene rings is 1.